The van der Waals surface area contributed by atoms with E-state index in [-0.39, 0.29) is 11.9 Å². The van der Waals surface area contributed by atoms with Crippen molar-refractivity contribution in [2.75, 3.05) is 0 Å². The number of carbonyl (C=O) groups is 1. The normalized spacial score (nSPS) is 12.7. The molecule has 1 amide bonds. The smallest absolute Gasteiger partial charge is 0.220 e. The molecule has 1 atom stereocenters. The highest BCUT2D eigenvalue weighted by atomic mass is 16.1. The van der Waals surface area contributed by atoms with Gasteiger partial charge in [-0.2, -0.15) is 0 Å². The van der Waals surface area contributed by atoms with E-state index in [9.17, 15) is 4.79 Å². The molecule has 0 aliphatic heterocycles. The van der Waals surface area contributed by atoms with Crippen LogP contribution in [0.4, 0.5) is 0 Å². The molecule has 0 spiro atoms. The molecule has 0 saturated carbocycles. The van der Waals surface area contributed by atoms with Gasteiger partial charge in [-0.25, -0.2) is 0 Å². The molecule has 1 N–H and O–H groups in total. The molecular weight excluding hydrogens is 354 g/mol. The average Bonchev–Trinajstić information content (AvgIpc) is 2.71. The molecule has 0 fully saturated rings. The molecule has 1 aromatic rings. The van der Waals surface area contributed by atoms with E-state index in [1.807, 2.05) is 12.1 Å². The van der Waals surface area contributed by atoms with Crippen LogP contribution >= 0.6 is 0 Å². The summed E-state index contributed by atoms with van der Waals surface area (Å²) in [7, 11) is 0. The Kier molecular flexibility index (Phi) is 14.8. The van der Waals surface area contributed by atoms with E-state index < -0.39 is 0 Å². The minimum absolute atomic E-state index is 0.0849. The first-order chi connectivity index (χ1) is 14.1. The van der Waals surface area contributed by atoms with Gasteiger partial charge in [0, 0.05) is 6.42 Å². The summed E-state index contributed by atoms with van der Waals surface area (Å²) in [6, 6.07) is 8.35. The zero-order valence-electron chi connectivity index (χ0n) is 19.1. The highest BCUT2D eigenvalue weighted by Gasteiger charge is 2.10. The Hall–Kier alpha value is -1.83. The average molecular weight is 398 g/mol. The van der Waals surface area contributed by atoms with Crippen molar-refractivity contribution in [3.05, 3.63) is 59.7 Å². The molecule has 2 nitrogen and oxygen atoms in total. The molecule has 0 bridgehead atoms. The number of aryl methyl sites for hydroxylation is 1. The Morgan fingerprint density at radius 2 is 1.52 bits per heavy atom. The molecule has 0 aromatic heterocycles. The van der Waals surface area contributed by atoms with Gasteiger partial charge in [0.05, 0.1) is 6.04 Å². The number of carbonyl (C=O) groups excluding carboxylic acids is 1. The first-order valence-electron chi connectivity index (χ1n) is 11.8. The minimum atomic E-state index is 0.0849. The van der Waals surface area contributed by atoms with Crippen molar-refractivity contribution in [1.82, 2.24) is 5.32 Å². The summed E-state index contributed by atoms with van der Waals surface area (Å²) in [4.78, 5) is 12.1. The van der Waals surface area contributed by atoms with Crippen LogP contribution < -0.4 is 5.32 Å². The largest absolute Gasteiger partial charge is 0.350 e. The van der Waals surface area contributed by atoms with Gasteiger partial charge < -0.3 is 5.32 Å². The van der Waals surface area contributed by atoms with Crippen LogP contribution in [0.3, 0.4) is 0 Å². The molecule has 0 radical (unpaired) electrons. The summed E-state index contributed by atoms with van der Waals surface area (Å²) in [6.07, 6.45) is 23.2. The van der Waals surface area contributed by atoms with Crippen molar-refractivity contribution in [3.8, 4) is 0 Å². The van der Waals surface area contributed by atoms with Gasteiger partial charge in [0.25, 0.3) is 0 Å². The first-order valence-corrected chi connectivity index (χ1v) is 11.8. The van der Waals surface area contributed by atoms with Crippen LogP contribution in [0.15, 0.2) is 48.6 Å². The number of unbranched alkanes of at least 4 members (excludes halogenated alkanes) is 8. The topological polar surface area (TPSA) is 29.1 Å². The molecule has 1 unspecified atom stereocenters. The number of hydrogen-bond donors (Lipinski definition) is 1. The quantitative estimate of drug-likeness (QED) is 0.222. The van der Waals surface area contributed by atoms with Crippen molar-refractivity contribution >= 4 is 5.91 Å². The van der Waals surface area contributed by atoms with E-state index >= 15 is 0 Å². The highest BCUT2D eigenvalue weighted by molar-refractivity contribution is 5.76. The molecule has 0 saturated heterocycles. The number of allylic oxidation sites excluding steroid dienone is 4. The Morgan fingerprint density at radius 3 is 2.21 bits per heavy atom. The standard InChI is InChI=1S/C27H43NO/c1-4-5-6-7-8-9-10-11-12-13-14-15-16-17-18-23-27(29)28-25(3)26-22-20-19-21-24(26)2/h8-9,11-12,19-22,25H,4-7,10,13-18,23H2,1-3H3,(H,28,29)/b9-8-,12-11-. The van der Waals surface area contributed by atoms with Crippen LogP contribution in [-0.4, -0.2) is 5.91 Å². The Labute approximate surface area is 179 Å². The van der Waals surface area contributed by atoms with Gasteiger partial charge in [-0.15, -0.1) is 0 Å². The van der Waals surface area contributed by atoms with Crippen LogP contribution in [0.2, 0.25) is 0 Å². The molecule has 1 aromatic carbocycles. The fraction of sp³-hybridized carbons (Fsp3) is 0.593. The maximum absolute atomic E-state index is 12.1. The third-order valence-corrected chi connectivity index (χ3v) is 5.39. The minimum Gasteiger partial charge on any atom is -0.350 e. The second kappa shape index (κ2) is 17.1. The van der Waals surface area contributed by atoms with Crippen LogP contribution in [0, 0.1) is 6.92 Å². The first kappa shape index (κ1) is 25.2. The number of benzene rings is 1. The van der Waals surface area contributed by atoms with Gasteiger partial charge in [0.1, 0.15) is 0 Å². The zero-order chi connectivity index (χ0) is 21.2. The summed E-state index contributed by atoms with van der Waals surface area (Å²) < 4.78 is 0. The van der Waals surface area contributed by atoms with Gasteiger partial charge in [-0.1, -0.05) is 87.6 Å². The molecule has 2 heteroatoms. The predicted octanol–water partition coefficient (Wildman–Crippen LogP) is 7.99. The lowest BCUT2D eigenvalue weighted by Crippen LogP contribution is -2.26. The highest BCUT2D eigenvalue weighted by Crippen LogP contribution is 2.17. The SMILES string of the molecule is CCCCC/C=C\C/C=C\CCCCCCCC(=O)NC(C)c1ccccc1C. The molecular formula is C27H43NO. The summed E-state index contributed by atoms with van der Waals surface area (Å²) >= 11 is 0. The van der Waals surface area contributed by atoms with Crippen molar-refractivity contribution in [2.45, 2.75) is 104 Å². The monoisotopic (exact) mass is 397 g/mol. The van der Waals surface area contributed by atoms with Crippen LogP contribution in [-0.2, 0) is 4.79 Å². The van der Waals surface area contributed by atoms with E-state index in [2.05, 4.69) is 62.5 Å². The fourth-order valence-electron chi connectivity index (χ4n) is 3.56. The summed E-state index contributed by atoms with van der Waals surface area (Å²) in [5.41, 5.74) is 2.44. The van der Waals surface area contributed by atoms with Gasteiger partial charge >= 0.3 is 0 Å². The van der Waals surface area contributed by atoms with Crippen molar-refractivity contribution in [2.24, 2.45) is 0 Å². The third kappa shape index (κ3) is 13.1. The lowest BCUT2D eigenvalue weighted by molar-refractivity contribution is -0.121. The Balaban J connectivity index is 1.97. The third-order valence-electron chi connectivity index (χ3n) is 5.39. The van der Waals surface area contributed by atoms with E-state index in [4.69, 9.17) is 0 Å². The lowest BCUT2D eigenvalue weighted by Gasteiger charge is -2.16. The van der Waals surface area contributed by atoms with Crippen molar-refractivity contribution < 1.29 is 4.79 Å². The maximum Gasteiger partial charge on any atom is 0.220 e. The Morgan fingerprint density at radius 1 is 0.897 bits per heavy atom. The molecule has 162 valence electrons. The van der Waals surface area contributed by atoms with Crippen LogP contribution in [0.25, 0.3) is 0 Å². The van der Waals surface area contributed by atoms with Gasteiger partial charge in [-0.05, 0) is 63.5 Å². The summed E-state index contributed by atoms with van der Waals surface area (Å²) in [6.45, 7) is 6.41. The van der Waals surface area contributed by atoms with Crippen LogP contribution in [0.1, 0.15) is 108 Å². The molecule has 29 heavy (non-hydrogen) atoms. The van der Waals surface area contributed by atoms with E-state index in [1.165, 1.54) is 62.5 Å². The number of nitrogens with one attached hydrogen (secondary N) is 1. The number of rotatable bonds is 16. The lowest BCUT2D eigenvalue weighted by atomic mass is 10.0. The summed E-state index contributed by atoms with van der Waals surface area (Å²) in [5, 5.41) is 3.13. The van der Waals surface area contributed by atoms with E-state index in [1.54, 1.807) is 0 Å². The van der Waals surface area contributed by atoms with Gasteiger partial charge in [-0.3, -0.25) is 4.79 Å². The molecule has 0 aliphatic rings. The number of amides is 1. The molecule has 1 rings (SSSR count). The van der Waals surface area contributed by atoms with Crippen LogP contribution in [0.5, 0.6) is 0 Å². The van der Waals surface area contributed by atoms with Crippen molar-refractivity contribution in [1.29, 1.82) is 0 Å². The maximum atomic E-state index is 12.1. The number of hydrogen-bond acceptors (Lipinski definition) is 1. The second-order valence-corrected chi connectivity index (χ2v) is 8.13. The predicted molar refractivity (Wildman–Crippen MR) is 127 cm³/mol. The van der Waals surface area contributed by atoms with Crippen molar-refractivity contribution in [3.63, 3.8) is 0 Å². The Bertz CT molecular complexity index is 602. The van der Waals surface area contributed by atoms with Gasteiger partial charge in [0.2, 0.25) is 5.91 Å². The van der Waals surface area contributed by atoms with E-state index in [0.29, 0.717) is 6.42 Å². The zero-order valence-corrected chi connectivity index (χ0v) is 19.1. The molecule has 0 heterocycles. The fourth-order valence-corrected chi connectivity index (χ4v) is 3.56. The summed E-state index contributed by atoms with van der Waals surface area (Å²) in [5.74, 6) is 0.173. The van der Waals surface area contributed by atoms with E-state index in [0.717, 1.165) is 19.3 Å². The molecule has 0 aliphatic carbocycles. The second-order valence-electron chi connectivity index (χ2n) is 8.13. The van der Waals surface area contributed by atoms with Gasteiger partial charge in [0.15, 0.2) is 0 Å².